The Labute approximate surface area is 187 Å². The summed E-state index contributed by atoms with van der Waals surface area (Å²) in [6.07, 6.45) is 1.74. The molecule has 0 aromatic heterocycles. The first-order valence-corrected chi connectivity index (χ1v) is 10.4. The van der Waals surface area contributed by atoms with Gasteiger partial charge in [-0.2, -0.15) is 0 Å². The molecule has 0 spiro atoms. The summed E-state index contributed by atoms with van der Waals surface area (Å²) >= 11 is 15.5. The SMILES string of the molecule is Cc1c(OCc2ccc(Cl)c(Cl)c2)ccc2c1O/C(=C\c1ccccc1Br)C2=O. The predicted octanol–water partition coefficient (Wildman–Crippen LogP) is 7.26. The molecule has 1 aliphatic heterocycles. The molecule has 29 heavy (non-hydrogen) atoms. The Kier molecular flexibility index (Phi) is 5.68. The number of carbonyl (C=O) groups is 1. The molecule has 3 aromatic carbocycles. The lowest BCUT2D eigenvalue weighted by Gasteiger charge is -2.12. The van der Waals surface area contributed by atoms with Crippen LogP contribution >= 0.6 is 39.1 Å². The van der Waals surface area contributed by atoms with Gasteiger partial charge in [0.05, 0.1) is 15.6 Å². The number of allylic oxidation sites excluding steroid dienone is 1. The molecule has 3 nitrogen and oxygen atoms in total. The van der Waals surface area contributed by atoms with Crippen LogP contribution < -0.4 is 9.47 Å². The smallest absolute Gasteiger partial charge is 0.231 e. The van der Waals surface area contributed by atoms with E-state index in [0.717, 1.165) is 21.2 Å². The second-order valence-corrected chi connectivity index (χ2v) is 8.23. The molecule has 0 fully saturated rings. The molecule has 0 atom stereocenters. The van der Waals surface area contributed by atoms with E-state index >= 15 is 0 Å². The quantitative estimate of drug-likeness (QED) is 0.362. The molecule has 0 radical (unpaired) electrons. The van der Waals surface area contributed by atoms with E-state index in [-0.39, 0.29) is 11.5 Å². The van der Waals surface area contributed by atoms with Gasteiger partial charge in [-0.05, 0) is 54.5 Å². The summed E-state index contributed by atoms with van der Waals surface area (Å²) in [4.78, 5) is 12.7. The Morgan fingerprint density at radius 1 is 1.07 bits per heavy atom. The van der Waals surface area contributed by atoms with E-state index < -0.39 is 0 Å². The van der Waals surface area contributed by atoms with Crippen LogP contribution in [0.1, 0.15) is 27.0 Å². The summed E-state index contributed by atoms with van der Waals surface area (Å²) in [6.45, 7) is 2.20. The van der Waals surface area contributed by atoms with Crippen LogP contribution in [0.15, 0.2) is 64.8 Å². The van der Waals surface area contributed by atoms with Gasteiger partial charge >= 0.3 is 0 Å². The minimum Gasteiger partial charge on any atom is -0.488 e. The van der Waals surface area contributed by atoms with Crippen LogP contribution in [0.3, 0.4) is 0 Å². The van der Waals surface area contributed by atoms with Crippen molar-refractivity contribution in [3.63, 3.8) is 0 Å². The lowest BCUT2D eigenvalue weighted by molar-refractivity contribution is 0.101. The van der Waals surface area contributed by atoms with Gasteiger partial charge in [0, 0.05) is 10.0 Å². The van der Waals surface area contributed by atoms with Crippen LogP contribution in [0.25, 0.3) is 6.08 Å². The molecule has 0 amide bonds. The van der Waals surface area contributed by atoms with E-state index in [1.54, 1.807) is 30.3 Å². The van der Waals surface area contributed by atoms with Gasteiger partial charge in [0.25, 0.3) is 0 Å². The van der Waals surface area contributed by atoms with Crippen molar-refractivity contribution in [2.45, 2.75) is 13.5 Å². The maximum atomic E-state index is 12.7. The maximum absolute atomic E-state index is 12.7. The lowest BCUT2D eigenvalue weighted by atomic mass is 10.1. The third-order valence-electron chi connectivity index (χ3n) is 4.61. The van der Waals surface area contributed by atoms with Crippen LogP contribution in [-0.2, 0) is 6.61 Å². The van der Waals surface area contributed by atoms with E-state index in [1.807, 2.05) is 37.3 Å². The summed E-state index contributed by atoms with van der Waals surface area (Å²) in [5, 5.41) is 0.981. The topological polar surface area (TPSA) is 35.5 Å². The third kappa shape index (κ3) is 4.06. The first-order chi connectivity index (χ1) is 13.9. The van der Waals surface area contributed by atoms with Gasteiger partial charge < -0.3 is 9.47 Å². The number of hydrogen-bond acceptors (Lipinski definition) is 3. The summed E-state index contributed by atoms with van der Waals surface area (Å²) in [5.74, 6) is 1.32. The number of halogens is 3. The van der Waals surface area contributed by atoms with Gasteiger partial charge in [-0.3, -0.25) is 4.79 Å². The molecule has 4 rings (SSSR count). The number of ketones is 1. The lowest BCUT2D eigenvalue weighted by Crippen LogP contribution is -1.98. The highest BCUT2D eigenvalue weighted by Gasteiger charge is 2.30. The molecule has 0 saturated carbocycles. The van der Waals surface area contributed by atoms with Crippen molar-refractivity contribution < 1.29 is 14.3 Å². The average Bonchev–Trinajstić information content (AvgIpc) is 3.02. The average molecular weight is 490 g/mol. The van der Waals surface area contributed by atoms with E-state index in [4.69, 9.17) is 32.7 Å². The number of carbonyl (C=O) groups excluding carboxylic acids is 1. The number of Topliss-reactive ketones (excluding diaryl/α,β-unsaturated/α-hetero) is 1. The molecule has 0 aliphatic carbocycles. The molecule has 146 valence electrons. The fourth-order valence-electron chi connectivity index (χ4n) is 3.05. The number of hydrogen-bond donors (Lipinski definition) is 0. The van der Waals surface area contributed by atoms with Gasteiger partial charge in [0.1, 0.15) is 18.1 Å². The molecule has 0 bridgehead atoms. The fraction of sp³-hybridized carbons (Fsp3) is 0.0870. The predicted molar refractivity (Wildman–Crippen MR) is 119 cm³/mol. The highest BCUT2D eigenvalue weighted by molar-refractivity contribution is 9.10. The monoisotopic (exact) mass is 488 g/mol. The van der Waals surface area contributed by atoms with Crippen molar-refractivity contribution in [2.24, 2.45) is 0 Å². The van der Waals surface area contributed by atoms with E-state index in [1.165, 1.54) is 0 Å². The van der Waals surface area contributed by atoms with Crippen molar-refractivity contribution in [2.75, 3.05) is 0 Å². The van der Waals surface area contributed by atoms with Crippen LogP contribution in [0, 0.1) is 6.92 Å². The van der Waals surface area contributed by atoms with Gasteiger partial charge in [-0.15, -0.1) is 0 Å². The summed E-state index contributed by atoms with van der Waals surface area (Å²) < 4.78 is 12.7. The van der Waals surface area contributed by atoms with Crippen LogP contribution in [0.5, 0.6) is 11.5 Å². The Hall–Kier alpha value is -2.27. The Balaban J connectivity index is 1.58. The summed E-state index contributed by atoms with van der Waals surface area (Å²) in [5.41, 5.74) is 3.07. The zero-order valence-electron chi connectivity index (χ0n) is 15.3. The van der Waals surface area contributed by atoms with E-state index in [0.29, 0.717) is 33.7 Å². The van der Waals surface area contributed by atoms with Gasteiger partial charge in [0.15, 0.2) is 5.76 Å². The molecule has 0 unspecified atom stereocenters. The Bertz CT molecular complexity index is 1150. The molecule has 1 heterocycles. The first-order valence-electron chi connectivity index (χ1n) is 8.83. The van der Waals surface area contributed by atoms with Crippen LogP contribution in [0.4, 0.5) is 0 Å². The number of fused-ring (bicyclic) bond motifs is 1. The Morgan fingerprint density at radius 3 is 2.62 bits per heavy atom. The molecular weight excluding hydrogens is 475 g/mol. The minimum absolute atomic E-state index is 0.144. The van der Waals surface area contributed by atoms with E-state index in [2.05, 4.69) is 15.9 Å². The third-order valence-corrected chi connectivity index (χ3v) is 6.07. The van der Waals surface area contributed by atoms with Crippen molar-refractivity contribution in [1.29, 1.82) is 0 Å². The number of benzene rings is 3. The molecular formula is C23H15BrCl2O3. The van der Waals surface area contributed by atoms with Crippen molar-refractivity contribution >= 4 is 51.0 Å². The molecule has 1 aliphatic rings. The molecule has 6 heteroatoms. The zero-order valence-corrected chi connectivity index (χ0v) is 18.4. The van der Waals surface area contributed by atoms with Gasteiger partial charge in [0.2, 0.25) is 5.78 Å². The normalized spacial score (nSPS) is 14.1. The molecule has 0 N–H and O–H groups in total. The largest absolute Gasteiger partial charge is 0.488 e. The first kappa shape index (κ1) is 20.0. The fourth-order valence-corrected chi connectivity index (χ4v) is 3.77. The second-order valence-electron chi connectivity index (χ2n) is 6.56. The maximum Gasteiger partial charge on any atom is 0.231 e. The molecule has 3 aromatic rings. The van der Waals surface area contributed by atoms with Crippen LogP contribution in [0.2, 0.25) is 10.0 Å². The Morgan fingerprint density at radius 2 is 1.86 bits per heavy atom. The molecule has 0 saturated heterocycles. The van der Waals surface area contributed by atoms with Crippen LogP contribution in [-0.4, -0.2) is 5.78 Å². The van der Waals surface area contributed by atoms with Crippen molar-refractivity contribution in [3.8, 4) is 11.5 Å². The second kappa shape index (κ2) is 8.23. The number of ether oxygens (including phenoxy) is 2. The summed E-state index contributed by atoms with van der Waals surface area (Å²) in [7, 11) is 0. The van der Waals surface area contributed by atoms with Gasteiger partial charge in [-0.1, -0.05) is 63.4 Å². The summed E-state index contributed by atoms with van der Waals surface area (Å²) in [6, 6.07) is 16.5. The van der Waals surface area contributed by atoms with Crippen molar-refractivity contribution in [3.05, 3.63) is 97.1 Å². The zero-order chi connectivity index (χ0) is 20.5. The van der Waals surface area contributed by atoms with E-state index in [9.17, 15) is 4.79 Å². The standard InChI is InChI=1S/C23H15BrCl2O3/c1-13-20(28-12-14-6-8-18(25)19(26)10-14)9-7-16-22(27)21(29-23(13)16)11-15-4-2-3-5-17(15)24/h2-11H,12H2,1H3/b21-11-. The highest BCUT2D eigenvalue weighted by atomic mass is 79.9. The van der Waals surface area contributed by atoms with Gasteiger partial charge in [-0.25, -0.2) is 0 Å². The minimum atomic E-state index is -0.144. The van der Waals surface area contributed by atoms with Crippen molar-refractivity contribution in [1.82, 2.24) is 0 Å². The highest BCUT2D eigenvalue weighted by Crippen LogP contribution is 2.40. The number of rotatable bonds is 4.